The van der Waals surface area contributed by atoms with Crippen LogP contribution in [-0.4, -0.2) is 31.9 Å². The summed E-state index contributed by atoms with van der Waals surface area (Å²) in [5.74, 6) is 2.35. The summed E-state index contributed by atoms with van der Waals surface area (Å²) in [5.41, 5.74) is 0.531. The van der Waals surface area contributed by atoms with Crippen molar-refractivity contribution in [2.75, 3.05) is 14.2 Å². The fourth-order valence-corrected chi connectivity index (χ4v) is 7.72. The van der Waals surface area contributed by atoms with Gasteiger partial charge in [0.2, 0.25) is 0 Å². The van der Waals surface area contributed by atoms with E-state index in [4.69, 9.17) is 36.6 Å². The molecule has 7 aromatic carbocycles. The first kappa shape index (κ1) is 36.8. The van der Waals surface area contributed by atoms with Crippen LogP contribution >= 0.6 is 17.2 Å². The van der Waals surface area contributed by atoms with E-state index in [9.17, 15) is 14.7 Å². The molecule has 13 heteroatoms. The fraction of sp³-hybridized carbons (Fsp3) is 0.0476. The van der Waals surface area contributed by atoms with Gasteiger partial charge in [0, 0.05) is 0 Å². The number of fused-ring (bicyclic) bond motifs is 2. The lowest BCUT2D eigenvalue weighted by Gasteiger charge is -2.22. The van der Waals surface area contributed by atoms with Gasteiger partial charge in [0.25, 0.3) is 0 Å². The maximum atomic E-state index is 12.1. The Hall–Kier alpha value is -6.54. The van der Waals surface area contributed by atoms with Crippen molar-refractivity contribution in [2.24, 2.45) is 0 Å². The van der Waals surface area contributed by atoms with Crippen LogP contribution < -0.4 is 36.6 Å². The number of carbonyl (C=O) groups excluding carboxylic acids is 2. The summed E-state index contributed by atoms with van der Waals surface area (Å²) < 4.78 is 48.9. The Morgan fingerprint density at radius 1 is 0.418 bits per heavy atom. The van der Waals surface area contributed by atoms with Crippen molar-refractivity contribution in [3.05, 3.63) is 151 Å². The molecule has 7 aromatic rings. The standard InChI is InChI=1S/C42H32O11P2/c1-46-34-19-7-9-21-36(34)50-55(51-37-22-10-8-20-35(37)47-2)53-39-24-12-16-29-25-28-15-11-23-38(40(28)42(45)41(29)39)52-54(48-32-17-5-3-13-30(32)26-43)49-33-18-6-4-14-31(33)27-44/h3-27,45H,1-2H3. The van der Waals surface area contributed by atoms with Gasteiger partial charge >= 0.3 is 17.2 Å². The molecule has 0 atom stereocenters. The lowest BCUT2D eigenvalue weighted by molar-refractivity contribution is 0.111. The minimum absolute atomic E-state index is 0.167. The largest absolute Gasteiger partial charge is 0.530 e. The molecule has 0 unspecified atom stereocenters. The third kappa shape index (κ3) is 8.19. The Morgan fingerprint density at radius 2 is 0.745 bits per heavy atom. The number of hydrogen-bond donors (Lipinski definition) is 1. The number of ether oxygens (including phenoxy) is 2. The number of phenols is 1. The Kier molecular flexibility index (Phi) is 11.4. The molecule has 0 heterocycles. The molecular weight excluding hydrogens is 742 g/mol. The van der Waals surface area contributed by atoms with Crippen molar-refractivity contribution < 1.29 is 51.3 Å². The maximum Gasteiger partial charge on any atom is 0.530 e. The first-order valence-corrected chi connectivity index (χ1v) is 18.9. The van der Waals surface area contributed by atoms with Crippen LogP contribution in [0.4, 0.5) is 0 Å². The Balaban J connectivity index is 1.30. The normalized spacial score (nSPS) is 10.9. The van der Waals surface area contributed by atoms with Gasteiger partial charge in [-0.3, -0.25) is 9.59 Å². The van der Waals surface area contributed by atoms with Crippen molar-refractivity contribution in [2.45, 2.75) is 0 Å². The third-order valence-electron chi connectivity index (χ3n) is 8.17. The third-order valence-corrected chi connectivity index (χ3v) is 10.2. The molecular formula is C42H32O11P2. The topological polar surface area (TPSA) is 128 Å². The predicted molar refractivity (Wildman–Crippen MR) is 210 cm³/mol. The Labute approximate surface area is 318 Å². The second-order valence-corrected chi connectivity index (χ2v) is 13.5. The average Bonchev–Trinajstić information content (AvgIpc) is 3.21. The number of para-hydroxylation sites is 6. The number of benzene rings is 7. The van der Waals surface area contributed by atoms with Gasteiger partial charge in [-0.15, -0.1) is 0 Å². The van der Waals surface area contributed by atoms with E-state index in [-0.39, 0.29) is 39.9 Å². The first-order valence-electron chi connectivity index (χ1n) is 16.7. The summed E-state index contributed by atoms with van der Waals surface area (Å²) in [7, 11) is -1.55. The van der Waals surface area contributed by atoms with E-state index in [1.54, 1.807) is 109 Å². The van der Waals surface area contributed by atoms with Crippen LogP contribution in [0, 0.1) is 0 Å². The fourth-order valence-electron chi connectivity index (χ4n) is 5.59. The van der Waals surface area contributed by atoms with Gasteiger partial charge in [-0.1, -0.05) is 72.8 Å². The van der Waals surface area contributed by atoms with Crippen molar-refractivity contribution >= 4 is 51.3 Å². The zero-order valence-electron chi connectivity index (χ0n) is 29.4. The number of carbonyl (C=O) groups is 2. The molecule has 11 nitrogen and oxygen atoms in total. The quantitative estimate of drug-likeness (QED) is 0.0572. The molecule has 1 N–H and O–H groups in total. The predicted octanol–water partition coefficient (Wildman–Crippen LogP) is 10.9. The van der Waals surface area contributed by atoms with E-state index < -0.39 is 17.2 Å². The van der Waals surface area contributed by atoms with E-state index >= 15 is 0 Å². The van der Waals surface area contributed by atoms with Gasteiger partial charge in [-0.05, 0) is 77.5 Å². The van der Waals surface area contributed by atoms with Crippen LogP contribution in [0.25, 0.3) is 21.5 Å². The van der Waals surface area contributed by atoms with E-state index in [0.717, 1.165) is 0 Å². The van der Waals surface area contributed by atoms with Crippen LogP contribution in [0.2, 0.25) is 0 Å². The van der Waals surface area contributed by atoms with Gasteiger partial charge < -0.3 is 41.7 Å². The Bertz CT molecular complexity index is 2370. The highest BCUT2D eigenvalue weighted by Gasteiger charge is 2.28. The summed E-state index contributed by atoms with van der Waals surface area (Å²) in [6.45, 7) is 0. The highest BCUT2D eigenvalue weighted by atomic mass is 31.2. The molecule has 0 saturated carbocycles. The summed E-state index contributed by atoms with van der Waals surface area (Å²) in [6.07, 6.45) is 1.31. The first-order chi connectivity index (χ1) is 27.0. The number of hydrogen-bond acceptors (Lipinski definition) is 11. The zero-order valence-corrected chi connectivity index (χ0v) is 31.1. The zero-order chi connectivity index (χ0) is 38.1. The summed E-state index contributed by atoms with van der Waals surface area (Å²) in [5, 5.41) is 14.1. The van der Waals surface area contributed by atoms with E-state index in [1.165, 1.54) is 14.2 Å². The smallest absolute Gasteiger partial charge is 0.506 e. The minimum Gasteiger partial charge on any atom is -0.506 e. The molecule has 0 aliphatic carbocycles. The van der Waals surface area contributed by atoms with Crippen LogP contribution in [0.1, 0.15) is 20.7 Å². The molecule has 0 aliphatic rings. The maximum absolute atomic E-state index is 12.1. The summed E-state index contributed by atoms with van der Waals surface area (Å²) >= 11 is 0. The van der Waals surface area contributed by atoms with Gasteiger partial charge in [0.05, 0.1) is 36.1 Å². The molecule has 55 heavy (non-hydrogen) atoms. The second-order valence-electron chi connectivity index (χ2n) is 11.5. The lowest BCUT2D eigenvalue weighted by Crippen LogP contribution is -2.05. The van der Waals surface area contributed by atoms with Crippen LogP contribution in [0.5, 0.6) is 51.7 Å². The number of methoxy groups -OCH3 is 2. The molecule has 0 saturated heterocycles. The molecule has 276 valence electrons. The molecule has 0 aromatic heterocycles. The molecule has 0 fully saturated rings. The molecule has 0 radical (unpaired) electrons. The molecule has 0 aliphatic heterocycles. The highest BCUT2D eigenvalue weighted by Crippen LogP contribution is 2.52. The minimum atomic E-state index is -2.37. The monoisotopic (exact) mass is 774 g/mol. The molecule has 0 amide bonds. The number of aromatic hydroxyl groups is 1. The SMILES string of the molecule is COc1ccccc1OP(Oc1ccccc1OC)Oc1cccc2cc3cccc(OP(Oc4ccccc4C=O)Oc4ccccc4C=O)c3c(O)c12. The van der Waals surface area contributed by atoms with Crippen molar-refractivity contribution in [3.8, 4) is 51.7 Å². The van der Waals surface area contributed by atoms with Gasteiger partial charge in [0.1, 0.15) is 28.7 Å². The van der Waals surface area contributed by atoms with Crippen LogP contribution in [0.3, 0.4) is 0 Å². The second kappa shape index (κ2) is 17.1. The van der Waals surface area contributed by atoms with Crippen molar-refractivity contribution in [1.82, 2.24) is 0 Å². The Morgan fingerprint density at radius 3 is 1.15 bits per heavy atom. The van der Waals surface area contributed by atoms with E-state index in [0.29, 0.717) is 57.1 Å². The lowest BCUT2D eigenvalue weighted by atomic mass is 10.0. The van der Waals surface area contributed by atoms with Gasteiger partial charge in [-0.2, -0.15) is 0 Å². The van der Waals surface area contributed by atoms with Gasteiger partial charge in [-0.25, -0.2) is 0 Å². The average molecular weight is 775 g/mol. The van der Waals surface area contributed by atoms with Crippen LogP contribution in [0.15, 0.2) is 140 Å². The van der Waals surface area contributed by atoms with E-state index in [2.05, 4.69) is 0 Å². The summed E-state index contributed by atoms with van der Waals surface area (Å²) in [6, 6.07) is 39.8. The van der Waals surface area contributed by atoms with Crippen LogP contribution in [-0.2, 0) is 0 Å². The van der Waals surface area contributed by atoms with Crippen molar-refractivity contribution in [1.29, 1.82) is 0 Å². The summed E-state index contributed by atoms with van der Waals surface area (Å²) in [4.78, 5) is 23.7. The number of phenolic OH excluding ortho intramolecular Hbond substituents is 1. The number of rotatable bonds is 16. The van der Waals surface area contributed by atoms with Gasteiger partial charge in [0.15, 0.2) is 35.6 Å². The van der Waals surface area contributed by atoms with E-state index in [1.807, 2.05) is 30.3 Å². The highest BCUT2D eigenvalue weighted by molar-refractivity contribution is 7.43. The van der Waals surface area contributed by atoms with Crippen molar-refractivity contribution in [3.63, 3.8) is 0 Å². The molecule has 0 bridgehead atoms. The molecule has 0 spiro atoms. The number of aldehydes is 2. The molecule has 7 rings (SSSR count).